The molecule has 0 N–H and O–H groups in total. The molecule has 0 bridgehead atoms. The highest BCUT2D eigenvalue weighted by molar-refractivity contribution is 6.46. The van der Waals surface area contributed by atoms with E-state index in [-0.39, 0.29) is 27.1 Å². The van der Waals surface area contributed by atoms with E-state index >= 15 is 0 Å². The largest absolute Gasteiger partial charge is 0.296 e. The van der Waals surface area contributed by atoms with Gasteiger partial charge in [0, 0.05) is 33.5 Å². The summed E-state index contributed by atoms with van der Waals surface area (Å²) in [7, 11) is 14.3. The fraction of sp³-hybridized carbons (Fsp3) is 0.548. The highest BCUT2D eigenvalue weighted by Crippen LogP contribution is 2.60. The average Bonchev–Trinajstić information content (AvgIpc) is 3.18. The highest BCUT2D eigenvalue weighted by atomic mass is 15.0. The van der Waals surface area contributed by atoms with Crippen LogP contribution in [0.5, 0.6) is 0 Å². The molecule has 4 radical (unpaired) electrons. The summed E-state index contributed by atoms with van der Waals surface area (Å²) in [6.45, 7) is 27.3. The Balaban J connectivity index is 2.09. The topological polar surface area (TPSA) is 30.2 Å². The molecule has 0 saturated carbocycles. The Morgan fingerprint density at radius 2 is 1.33 bits per heavy atom. The van der Waals surface area contributed by atoms with Crippen molar-refractivity contribution in [1.82, 2.24) is 14.4 Å². The molecule has 3 aromatic heterocycles. The quantitative estimate of drug-likeness (QED) is 0.301. The molecule has 3 heterocycles. The van der Waals surface area contributed by atoms with E-state index in [1.54, 1.807) is 0 Å². The maximum Gasteiger partial charge on any atom is 0.146 e. The second-order valence-corrected chi connectivity index (χ2v) is 14.6. The third-order valence-corrected chi connectivity index (χ3v) is 9.78. The van der Waals surface area contributed by atoms with Crippen LogP contribution in [-0.2, 0) is 21.7 Å². The van der Waals surface area contributed by atoms with Crippen molar-refractivity contribution in [2.45, 2.75) is 105 Å². The number of hydrogen-bond acceptors (Lipinski definition) is 2. The predicted octanol–water partition coefficient (Wildman–Crippen LogP) is 5.81. The molecule has 5 heteroatoms. The zero-order valence-electron chi connectivity index (χ0n) is 24.2. The fourth-order valence-corrected chi connectivity index (χ4v) is 6.65. The molecule has 4 aromatic rings. The van der Waals surface area contributed by atoms with Gasteiger partial charge in [0.2, 0.25) is 0 Å². The molecule has 3 nitrogen and oxygen atoms in total. The van der Waals surface area contributed by atoms with E-state index in [0.29, 0.717) is 0 Å². The summed E-state index contributed by atoms with van der Waals surface area (Å²) in [6, 6.07) is 4.38. The van der Waals surface area contributed by atoms with Crippen molar-refractivity contribution in [2.24, 2.45) is 5.41 Å². The lowest BCUT2D eigenvalue weighted by molar-refractivity contribution is 0.125. The van der Waals surface area contributed by atoms with E-state index in [2.05, 4.69) is 99.6 Å². The monoisotopic (exact) mass is 475 g/mol. The second kappa shape index (κ2) is 6.97. The van der Waals surface area contributed by atoms with Crippen LogP contribution in [0.25, 0.3) is 27.5 Å². The maximum atomic E-state index is 7.19. The van der Waals surface area contributed by atoms with E-state index < -0.39 is 0 Å². The van der Waals surface area contributed by atoms with Gasteiger partial charge in [-0.3, -0.25) is 9.38 Å². The van der Waals surface area contributed by atoms with Crippen LogP contribution in [0, 0.1) is 5.41 Å². The van der Waals surface area contributed by atoms with Crippen LogP contribution in [-0.4, -0.2) is 30.1 Å². The van der Waals surface area contributed by atoms with E-state index in [0.717, 1.165) is 55.3 Å². The van der Waals surface area contributed by atoms with Gasteiger partial charge in [0.05, 0.1) is 16.7 Å². The molecule has 36 heavy (non-hydrogen) atoms. The summed E-state index contributed by atoms with van der Waals surface area (Å²) in [5.41, 5.74) is 8.16. The number of nitrogens with zero attached hydrogens (tertiary/aromatic N) is 3. The van der Waals surface area contributed by atoms with E-state index in [4.69, 9.17) is 25.7 Å². The second-order valence-electron chi connectivity index (χ2n) is 14.6. The van der Waals surface area contributed by atoms with Crippen molar-refractivity contribution in [3.63, 3.8) is 0 Å². The first-order valence-electron chi connectivity index (χ1n) is 13.1. The van der Waals surface area contributed by atoms with Crippen molar-refractivity contribution in [3.05, 3.63) is 40.8 Å². The van der Waals surface area contributed by atoms with Gasteiger partial charge in [-0.2, -0.15) is 0 Å². The van der Waals surface area contributed by atoms with Gasteiger partial charge in [-0.25, -0.2) is 4.98 Å². The van der Waals surface area contributed by atoms with Crippen LogP contribution in [0.2, 0.25) is 0 Å². The van der Waals surface area contributed by atoms with Crippen LogP contribution >= 0.6 is 0 Å². The van der Waals surface area contributed by atoms with Gasteiger partial charge in [0.1, 0.15) is 21.3 Å². The summed E-state index contributed by atoms with van der Waals surface area (Å²) in [6.07, 6.45) is 1.90. The number of fused-ring (bicyclic) bond motifs is 6. The molecule has 5 rings (SSSR count). The summed E-state index contributed by atoms with van der Waals surface area (Å²) in [4.78, 5) is 10.1. The molecular formula is C31H39B2N3. The van der Waals surface area contributed by atoms with Crippen LogP contribution in [0.4, 0.5) is 0 Å². The number of aromatic nitrogens is 3. The minimum Gasteiger partial charge on any atom is -0.296 e. The molecule has 0 amide bonds. The maximum absolute atomic E-state index is 7.19. The lowest BCUT2D eigenvalue weighted by Gasteiger charge is -2.45. The van der Waals surface area contributed by atoms with Gasteiger partial charge in [-0.1, -0.05) is 94.0 Å². The van der Waals surface area contributed by atoms with Crippen LogP contribution in [0.3, 0.4) is 0 Å². The number of pyridine rings is 2. The Bertz CT molecular complexity index is 1590. The van der Waals surface area contributed by atoms with Gasteiger partial charge in [0.25, 0.3) is 0 Å². The summed E-state index contributed by atoms with van der Waals surface area (Å²) in [5.74, 6) is 0. The zero-order chi connectivity index (χ0) is 27.0. The molecule has 0 unspecified atom stereocenters. The van der Waals surface area contributed by atoms with Crippen molar-refractivity contribution in [2.75, 3.05) is 0 Å². The first-order valence-corrected chi connectivity index (χ1v) is 13.1. The molecule has 0 saturated heterocycles. The Kier molecular flexibility index (Phi) is 4.91. The molecule has 0 aliphatic heterocycles. The van der Waals surface area contributed by atoms with Crippen molar-refractivity contribution >= 4 is 54.1 Å². The van der Waals surface area contributed by atoms with Crippen molar-refractivity contribution < 1.29 is 0 Å². The highest BCUT2D eigenvalue weighted by Gasteiger charge is 2.58. The molecule has 0 atom stereocenters. The van der Waals surface area contributed by atoms with Gasteiger partial charge in [-0.15, -0.1) is 0 Å². The molecule has 1 aliphatic rings. The van der Waals surface area contributed by atoms with Crippen molar-refractivity contribution in [1.29, 1.82) is 0 Å². The molecule has 0 fully saturated rings. The lowest BCUT2D eigenvalue weighted by atomic mass is 9.58. The molecular weight excluding hydrogens is 436 g/mol. The van der Waals surface area contributed by atoms with E-state index in [1.807, 2.05) is 6.20 Å². The first kappa shape index (κ1) is 25.4. The molecule has 184 valence electrons. The molecule has 0 spiro atoms. The number of rotatable bonds is 0. The number of benzene rings is 1. The minimum absolute atomic E-state index is 0.0450. The normalized spacial score (nSPS) is 18.9. The number of imidazole rings is 1. The smallest absolute Gasteiger partial charge is 0.146 e. The van der Waals surface area contributed by atoms with Gasteiger partial charge < -0.3 is 0 Å². The van der Waals surface area contributed by atoms with Gasteiger partial charge in [0.15, 0.2) is 0 Å². The Labute approximate surface area is 219 Å². The minimum atomic E-state index is -0.162. The average molecular weight is 475 g/mol. The standard InChI is InChI=1S/C31H39B2N3/c1-27(2,3)18-15-17-16(13-14-34-25(17)28(4,5)6)26-35-23-21(32)19-20(22(33)24(23)36(18)26)30(9,10)31(11,12)29(19,7)8/h13-15H,1-12H3. The molecule has 1 aromatic carbocycles. The Morgan fingerprint density at radius 1 is 0.778 bits per heavy atom. The summed E-state index contributed by atoms with van der Waals surface area (Å²) in [5, 5.41) is 2.22. The van der Waals surface area contributed by atoms with Crippen molar-refractivity contribution in [3.8, 4) is 0 Å². The van der Waals surface area contributed by atoms with Crippen LogP contribution < -0.4 is 10.9 Å². The third kappa shape index (κ3) is 2.89. The number of hydrogen-bond donors (Lipinski definition) is 0. The summed E-state index contributed by atoms with van der Waals surface area (Å²) < 4.78 is 2.28. The first-order chi connectivity index (χ1) is 16.3. The molecule has 1 aliphatic carbocycles. The van der Waals surface area contributed by atoms with Gasteiger partial charge >= 0.3 is 0 Å². The fourth-order valence-electron chi connectivity index (χ4n) is 6.65. The third-order valence-electron chi connectivity index (χ3n) is 9.78. The van der Waals surface area contributed by atoms with Gasteiger partial charge in [-0.05, 0) is 39.5 Å². The van der Waals surface area contributed by atoms with Crippen LogP contribution in [0.15, 0.2) is 18.3 Å². The Hall–Kier alpha value is -2.29. The SMILES string of the molecule is [B]c1c2c(c([B])c3c1nc1c4ccnc(C(C)(C)C)c4cc(C(C)(C)C)n13)C(C)(C)C(C)(C)C2(C)C. The predicted molar refractivity (Wildman–Crippen MR) is 156 cm³/mol. The zero-order valence-corrected chi connectivity index (χ0v) is 24.2. The Morgan fingerprint density at radius 3 is 1.86 bits per heavy atom. The summed E-state index contributed by atoms with van der Waals surface area (Å²) >= 11 is 0. The van der Waals surface area contributed by atoms with Crippen LogP contribution in [0.1, 0.15) is 106 Å². The lowest BCUT2D eigenvalue weighted by Crippen LogP contribution is -2.43. The van der Waals surface area contributed by atoms with E-state index in [9.17, 15) is 0 Å². The van der Waals surface area contributed by atoms with E-state index in [1.165, 1.54) is 5.56 Å².